The van der Waals surface area contributed by atoms with Crippen molar-refractivity contribution in [3.05, 3.63) is 48.3 Å². The molecule has 0 aliphatic rings. The van der Waals surface area contributed by atoms with Crippen LogP contribution in [-0.2, 0) is 0 Å². The highest BCUT2D eigenvalue weighted by atomic mass is 14.9. The van der Waals surface area contributed by atoms with Crippen molar-refractivity contribution in [2.75, 3.05) is 11.1 Å². The van der Waals surface area contributed by atoms with Gasteiger partial charge in [0.25, 0.3) is 0 Å². The molecule has 0 aliphatic heterocycles. The van der Waals surface area contributed by atoms with Gasteiger partial charge in [-0.05, 0) is 30.3 Å². The highest BCUT2D eigenvalue weighted by molar-refractivity contribution is 5.63. The van der Waals surface area contributed by atoms with Crippen LogP contribution >= 0.6 is 0 Å². The van der Waals surface area contributed by atoms with Crippen LogP contribution in [0.15, 0.2) is 42.6 Å². The average Bonchev–Trinajstić information content (AvgIpc) is 2.29. The second-order valence-electron chi connectivity index (χ2n) is 3.29. The fourth-order valence-electron chi connectivity index (χ4n) is 1.35. The van der Waals surface area contributed by atoms with E-state index in [9.17, 15) is 0 Å². The van der Waals surface area contributed by atoms with E-state index in [1.54, 1.807) is 18.3 Å². The predicted molar refractivity (Wildman–Crippen MR) is 63.1 cm³/mol. The maximum absolute atomic E-state index is 8.71. The number of aromatic nitrogens is 1. The maximum atomic E-state index is 8.71. The van der Waals surface area contributed by atoms with E-state index in [1.807, 2.05) is 30.3 Å². The van der Waals surface area contributed by atoms with Gasteiger partial charge >= 0.3 is 0 Å². The molecule has 0 amide bonds. The van der Waals surface area contributed by atoms with Crippen LogP contribution < -0.4 is 11.1 Å². The van der Waals surface area contributed by atoms with Crippen LogP contribution in [-0.4, -0.2) is 4.98 Å². The third-order valence-electron chi connectivity index (χ3n) is 2.05. The minimum atomic E-state index is 0.383. The molecule has 4 heteroatoms. The van der Waals surface area contributed by atoms with E-state index in [2.05, 4.69) is 10.3 Å². The third kappa shape index (κ3) is 2.28. The Morgan fingerprint density at radius 1 is 1.19 bits per heavy atom. The number of nitrogens with two attached hydrogens (primary N) is 1. The molecule has 0 radical (unpaired) electrons. The first-order chi connectivity index (χ1) is 7.78. The average molecular weight is 210 g/mol. The summed E-state index contributed by atoms with van der Waals surface area (Å²) < 4.78 is 0. The van der Waals surface area contributed by atoms with Crippen molar-refractivity contribution in [2.24, 2.45) is 0 Å². The summed E-state index contributed by atoms with van der Waals surface area (Å²) in [5, 5.41) is 11.9. The van der Waals surface area contributed by atoms with Crippen LogP contribution in [0.3, 0.4) is 0 Å². The van der Waals surface area contributed by atoms with Gasteiger partial charge in [-0.15, -0.1) is 0 Å². The molecule has 0 bridgehead atoms. The zero-order valence-electron chi connectivity index (χ0n) is 8.51. The number of benzene rings is 1. The Hall–Kier alpha value is -2.54. The summed E-state index contributed by atoms with van der Waals surface area (Å²) in [7, 11) is 0. The van der Waals surface area contributed by atoms with Gasteiger partial charge in [-0.1, -0.05) is 6.07 Å². The summed E-state index contributed by atoms with van der Waals surface area (Å²) in [5.74, 6) is 0. The molecule has 1 heterocycles. The quantitative estimate of drug-likeness (QED) is 0.745. The van der Waals surface area contributed by atoms with E-state index in [0.717, 1.165) is 11.4 Å². The molecule has 0 spiro atoms. The summed E-state index contributed by atoms with van der Waals surface area (Å²) in [5.41, 5.74) is 8.44. The van der Waals surface area contributed by atoms with Gasteiger partial charge in [0.1, 0.15) is 11.8 Å². The van der Waals surface area contributed by atoms with Gasteiger partial charge in [0.05, 0.1) is 0 Å². The van der Waals surface area contributed by atoms with Gasteiger partial charge in [-0.2, -0.15) is 5.26 Å². The van der Waals surface area contributed by atoms with Gasteiger partial charge in [0, 0.05) is 23.3 Å². The summed E-state index contributed by atoms with van der Waals surface area (Å²) in [6.45, 7) is 0. The summed E-state index contributed by atoms with van der Waals surface area (Å²) >= 11 is 0. The fraction of sp³-hybridized carbons (Fsp3) is 0. The SMILES string of the molecule is N#Cc1cc(Nc2cccc(N)c2)ccn1. The molecule has 4 nitrogen and oxygen atoms in total. The van der Waals surface area contributed by atoms with Crippen LogP contribution in [0.2, 0.25) is 0 Å². The van der Waals surface area contributed by atoms with E-state index < -0.39 is 0 Å². The van der Waals surface area contributed by atoms with Crippen LogP contribution in [0.4, 0.5) is 17.1 Å². The molecule has 78 valence electrons. The minimum absolute atomic E-state index is 0.383. The van der Waals surface area contributed by atoms with Gasteiger partial charge in [-0.25, -0.2) is 4.98 Å². The number of pyridine rings is 1. The number of nitrogen functional groups attached to an aromatic ring is 1. The van der Waals surface area contributed by atoms with E-state index in [-0.39, 0.29) is 0 Å². The van der Waals surface area contributed by atoms with Crippen molar-refractivity contribution in [1.82, 2.24) is 4.98 Å². The Morgan fingerprint density at radius 2 is 2.00 bits per heavy atom. The third-order valence-corrected chi connectivity index (χ3v) is 2.05. The van der Waals surface area contributed by atoms with E-state index in [4.69, 9.17) is 11.0 Å². The molecule has 3 N–H and O–H groups in total. The number of nitrogens with one attached hydrogen (secondary N) is 1. The summed E-state index contributed by atoms with van der Waals surface area (Å²) in [4.78, 5) is 3.89. The van der Waals surface area contributed by atoms with Crippen molar-refractivity contribution in [1.29, 1.82) is 5.26 Å². The van der Waals surface area contributed by atoms with Crippen molar-refractivity contribution < 1.29 is 0 Å². The number of rotatable bonds is 2. The predicted octanol–water partition coefficient (Wildman–Crippen LogP) is 2.28. The molecule has 2 rings (SSSR count). The van der Waals surface area contributed by atoms with Crippen LogP contribution in [0.1, 0.15) is 5.69 Å². The lowest BCUT2D eigenvalue weighted by Gasteiger charge is -2.06. The van der Waals surface area contributed by atoms with Crippen LogP contribution in [0.5, 0.6) is 0 Å². The first-order valence-electron chi connectivity index (χ1n) is 4.76. The summed E-state index contributed by atoms with van der Waals surface area (Å²) in [6.07, 6.45) is 1.59. The molecule has 1 aromatic heterocycles. The smallest absolute Gasteiger partial charge is 0.142 e. The van der Waals surface area contributed by atoms with Crippen molar-refractivity contribution in [3.63, 3.8) is 0 Å². The van der Waals surface area contributed by atoms with E-state index >= 15 is 0 Å². The standard InChI is InChI=1S/C12H10N4/c13-8-12-7-11(4-5-15-12)16-10-3-1-2-9(14)6-10/h1-7H,14H2,(H,15,16). The van der Waals surface area contributed by atoms with E-state index in [1.165, 1.54) is 0 Å². The molecule has 2 aromatic rings. The zero-order chi connectivity index (χ0) is 11.4. The first-order valence-corrected chi connectivity index (χ1v) is 4.76. The molecule has 0 aliphatic carbocycles. The van der Waals surface area contributed by atoms with Gasteiger partial charge in [-0.3, -0.25) is 0 Å². The number of anilines is 3. The number of hydrogen-bond donors (Lipinski definition) is 2. The Bertz CT molecular complexity index is 543. The fourth-order valence-corrected chi connectivity index (χ4v) is 1.35. The molecule has 16 heavy (non-hydrogen) atoms. The molecule has 0 saturated heterocycles. The molecule has 0 unspecified atom stereocenters. The topological polar surface area (TPSA) is 74.7 Å². The second-order valence-corrected chi connectivity index (χ2v) is 3.29. The Morgan fingerprint density at radius 3 is 2.75 bits per heavy atom. The van der Waals surface area contributed by atoms with Gasteiger partial charge in [0.2, 0.25) is 0 Å². The molecule has 0 saturated carbocycles. The first kappa shape index (κ1) is 9.99. The van der Waals surface area contributed by atoms with Crippen molar-refractivity contribution in [2.45, 2.75) is 0 Å². The normalized spacial score (nSPS) is 9.44. The van der Waals surface area contributed by atoms with Crippen LogP contribution in [0.25, 0.3) is 0 Å². The molecule has 0 atom stereocenters. The lowest BCUT2D eigenvalue weighted by molar-refractivity contribution is 1.26. The zero-order valence-corrected chi connectivity index (χ0v) is 8.51. The maximum Gasteiger partial charge on any atom is 0.142 e. The number of nitrogens with zero attached hydrogens (tertiary/aromatic N) is 2. The monoisotopic (exact) mass is 210 g/mol. The molecule has 0 fully saturated rings. The van der Waals surface area contributed by atoms with Gasteiger partial charge < -0.3 is 11.1 Å². The van der Waals surface area contributed by atoms with Crippen molar-refractivity contribution >= 4 is 17.1 Å². The number of hydrogen-bond acceptors (Lipinski definition) is 4. The molecular formula is C12H10N4. The van der Waals surface area contributed by atoms with Crippen molar-refractivity contribution in [3.8, 4) is 6.07 Å². The number of nitriles is 1. The van der Waals surface area contributed by atoms with E-state index in [0.29, 0.717) is 11.4 Å². The molecule has 1 aromatic carbocycles. The van der Waals surface area contributed by atoms with Gasteiger partial charge in [0.15, 0.2) is 0 Å². The minimum Gasteiger partial charge on any atom is -0.399 e. The molecular weight excluding hydrogens is 200 g/mol. The lowest BCUT2D eigenvalue weighted by Crippen LogP contribution is -1.93. The van der Waals surface area contributed by atoms with Crippen LogP contribution in [0, 0.1) is 11.3 Å². The highest BCUT2D eigenvalue weighted by Gasteiger charge is 1.97. The Balaban J connectivity index is 2.24. The second kappa shape index (κ2) is 4.32. The largest absolute Gasteiger partial charge is 0.399 e. The Labute approximate surface area is 93.4 Å². The Kier molecular flexibility index (Phi) is 2.70. The lowest BCUT2D eigenvalue weighted by atomic mass is 10.2. The summed E-state index contributed by atoms with van der Waals surface area (Å²) in [6, 6.07) is 12.9. The highest BCUT2D eigenvalue weighted by Crippen LogP contribution is 2.18.